The third kappa shape index (κ3) is 6.82. The van der Waals surface area contributed by atoms with E-state index in [1.54, 1.807) is 56.8 Å². The Hall–Kier alpha value is -4.20. The number of anilines is 2. The van der Waals surface area contributed by atoms with Crippen molar-refractivity contribution in [3.8, 4) is 17.3 Å². The maximum atomic E-state index is 12.9. The quantitative estimate of drug-likeness (QED) is 0.348. The van der Waals surface area contributed by atoms with Crippen molar-refractivity contribution < 1.29 is 18.8 Å². The number of rotatable bonds is 8. The summed E-state index contributed by atoms with van der Waals surface area (Å²) in [6.45, 7) is 16.9. The fourth-order valence-corrected chi connectivity index (χ4v) is 3.63. The first kappa shape index (κ1) is 29.4. The molecule has 2 amide bonds. The molecule has 0 aliphatic rings. The summed E-state index contributed by atoms with van der Waals surface area (Å²) in [5.41, 5.74) is 0.758. The van der Waals surface area contributed by atoms with Gasteiger partial charge >= 0.3 is 6.09 Å². The van der Waals surface area contributed by atoms with Crippen LogP contribution in [0.1, 0.15) is 97.7 Å². The predicted octanol–water partition coefficient (Wildman–Crippen LogP) is 6.16. The highest BCUT2D eigenvalue weighted by molar-refractivity contribution is 5.94. The second kappa shape index (κ2) is 11.3. The lowest BCUT2D eigenvalue weighted by atomic mass is 9.87. The molecule has 2 N–H and O–H groups in total. The van der Waals surface area contributed by atoms with E-state index in [9.17, 15) is 14.9 Å². The number of aromatic nitrogens is 4. The lowest BCUT2D eigenvalue weighted by Gasteiger charge is -2.20. The Morgan fingerprint density at radius 2 is 1.85 bits per heavy atom. The zero-order valence-electron chi connectivity index (χ0n) is 24.0. The van der Waals surface area contributed by atoms with Crippen LogP contribution in [0.2, 0.25) is 0 Å². The number of nitrogens with zero attached hydrogens (tertiary/aromatic N) is 5. The smallest absolute Gasteiger partial charge is 0.413 e. The van der Waals surface area contributed by atoms with Crippen LogP contribution in [-0.4, -0.2) is 37.5 Å². The fourth-order valence-electron chi connectivity index (χ4n) is 3.63. The maximum Gasteiger partial charge on any atom is 0.413 e. The highest BCUT2D eigenvalue weighted by Crippen LogP contribution is 2.32. The summed E-state index contributed by atoms with van der Waals surface area (Å²) in [5, 5.41) is 24.0. The standard InChI is InChI=1S/C28H37N7O4/c1-10-28(8,9)21-13-22(34-39-21)31-25(36)17(4)20-12-11-18(15-30-20)23-19(14-29)24(35(33-23)16(2)3)32-26(37)38-27(5,6)7/h11-13,15-17H,10H2,1-9H3,(H,32,37)(H,31,34,36). The van der Waals surface area contributed by atoms with Crippen molar-refractivity contribution in [3.63, 3.8) is 0 Å². The Morgan fingerprint density at radius 1 is 1.15 bits per heavy atom. The van der Waals surface area contributed by atoms with Crippen LogP contribution in [0.25, 0.3) is 11.3 Å². The third-order valence-electron chi connectivity index (χ3n) is 6.34. The van der Waals surface area contributed by atoms with Gasteiger partial charge in [-0.25, -0.2) is 9.48 Å². The zero-order valence-corrected chi connectivity index (χ0v) is 24.0. The van der Waals surface area contributed by atoms with Crippen LogP contribution in [0, 0.1) is 11.3 Å². The largest absolute Gasteiger partial charge is 0.444 e. The second-order valence-corrected chi connectivity index (χ2v) is 11.3. The molecule has 0 saturated heterocycles. The number of carbonyl (C=O) groups is 2. The summed E-state index contributed by atoms with van der Waals surface area (Å²) >= 11 is 0. The molecule has 3 rings (SSSR count). The van der Waals surface area contributed by atoms with Crippen LogP contribution in [0.5, 0.6) is 0 Å². The van der Waals surface area contributed by atoms with E-state index in [4.69, 9.17) is 9.26 Å². The Kier molecular flexibility index (Phi) is 8.48. The van der Waals surface area contributed by atoms with E-state index in [2.05, 4.69) is 38.9 Å². The van der Waals surface area contributed by atoms with Gasteiger partial charge in [-0.3, -0.25) is 15.1 Å². The van der Waals surface area contributed by atoms with Crippen molar-refractivity contribution in [1.29, 1.82) is 5.26 Å². The Balaban J connectivity index is 1.83. The predicted molar refractivity (Wildman–Crippen MR) is 147 cm³/mol. The first-order chi connectivity index (χ1) is 18.2. The van der Waals surface area contributed by atoms with Crippen molar-refractivity contribution in [3.05, 3.63) is 41.4 Å². The third-order valence-corrected chi connectivity index (χ3v) is 6.34. The topological polar surface area (TPSA) is 148 Å². The minimum absolute atomic E-state index is 0.147. The number of amides is 2. The first-order valence-electron chi connectivity index (χ1n) is 12.9. The Labute approximate surface area is 228 Å². The van der Waals surface area contributed by atoms with Crippen molar-refractivity contribution in [2.75, 3.05) is 10.6 Å². The van der Waals surface area contributed by atoms with E-state index >= 15 is 0 Å². The summed E-state index contributed by atoms with van der Waals surface area (Å²) in [6, 6.07) is 7.19. The van der Waals surface area contributed by atoms with Gasteiger partial charge in [0.05, 0.1) is 11.6 Å². The molecule has 39 heavy (non-hydrogen) atoms. The summed E-state index contributed by atoms with van der Waals surface area (Å²) in [7, 11) is 0. The van der Waals surface area contributed by atoms with Crippen LogP contribution in [0.4, 0.5) is 16.4 Å². The second-order valence-electron chi connectivity index (χ2n) is 11.3. The molecule has 3 aromatic heterocycles. The minimum Gasteiger partial charge on any atom is -0.444 e. The first-order valence-corrected chi connectivity index (χ1v) is 12.9. The average molecular weight is 536 g/mol. The van der Waals surface area contributed by atoms with Crippen LogP contribution < -0.4 is 10.6 Å². The van der Waals surface area contributed by atoms with Gasteiger partial charge in [-0.2, -0.15) is 10.4 Å². The van der Waals surface area contributed by atoms with Gasteiger partial charge in [0, 0.05) is 29.3 Å². The van der Waals surface area contributed by atoms with Gasteiger partial charge in [0.2, 0.25) is 5.91 Å². The molecule has 0 spiro atoms. The van der Waals surface area contributed by atoms with E-state index < -0.39 is 17.6 Å². The van der Waals surface area contributed by atoms with Crippen LogP contribution in [0.15, 0.2) is 28.9 Å². The molecule has 3 heterocycles. The minimum atomic E-state index is -0.701. The van der Waals surface area contributed by atoms with Crippen molar-refractivity contribution in [2.45, 2.75) is 91.7 Å². The number of carbonyl (C=O) groups excluding carboxylic acids is 2. The number of nitriles is 1. The monoisotopic (exact) mass is 535 g/mol. The Bertz CT molecular complexity index is 1370. The maximum absolute atomic E-state index is 12.9. The fraction of sp³-hybridized carbons (Fsp3) is 0.500. The van der Waals surface area contributed by atoms with Crippen molar-refractivity contribution >= 4 is 23.6 Å². The summed E-state index contributed by atoms with van der Waals surface area (Å²) in [5.74, 6) is 0.432. The molecule has 1 atom stereocenters. The molecule has 208 valence electrons. The molecule has 1 unspecified atom stereocenters. The lowest BCUT2D eigenvalue weighted by Crippen LogP contribution is -2.28. The van der Waals surface area contributed by atoms with Gasteiger partial charge in [0.25, 0.3) is 0 Å². The molecule has 0 aliphatic carbocycles. The van der Waals surface area contributed by atoms with Crippen LogP contribution in [-0.2, 0) is 14.9 Å². The number of ether oxygens (including phenoxy) is 1. The molecule has 0 fully saturated rings. The number of hydrogen-bond donors (Lipinski definition) is 2. The highest BCUT2D eigenvalue weighted by atomic mass is 16.6. The van der Waals surface area contributed by atoms with Crippen molar-refractivity contribution in [1.82, 2.24) is 19.9 Å². The van der Waals surface area contributed by atoms with E-state index in [-0.39, 0.29) is 28.7 Å². The molecule has 0 aliphatic heterocycles. The molecular weight excluding hydrogens is 498 g/mol. The van der Waals surface area contributed by atoms with Gasteiger partial charge in [-0.05, 0) is 60.1 Å². The summed E-state index contributed by atoms with van der Waals surface area (Å²) < 4.78 is 12.3. The van der Waals surface area contributed by atoms with Crippen molar-refractivity contribution in [2.24, 2.45) is 0 Å². The summed E-state index contributed by atoms with van der Waals surface area (Å²) in [4.78, 5) is 29.8. The highest BCUT2D eigenvalue weighted by Gasteiger charge is 2.27. The molecule has 0 bridgehead atoms. The molecule has 11 heteroatoms. The SMILES string of the molecule is CCC(C)(C)c1cc(NC(=O)C(C)c2ccc(-c3nn(C(C)C)c(NC(=O)OC(C)(C)C)c3C#N)cn2)no1. The van der Waals surface area contributed by atoms with E-state index in [0.717, 1.165) is 6.42 Å². The Morgan fingerprint density at radius 3 is 2.38 bits per heavy atom. The molecule has 0 saturated carbocycles. The molecular formula is C28H37N7O4. The average Bonchev–Trinajstić information content (AvgIpc) is 3.47. The molecule has 0 aromatic carbocycles. The normalized spacial score (nSPS) is 12.6. The number of hydrogen-bond acceptors (Lipinski definition) is 8. The molecule has 3 aromatic rings. The van der Waals surface area contributed by atoms with Gasteiger partial charge in [-0.1, -0.05) is 25.9 Å². The summed E-state index contributed by atoms with van der Waals surface area (Å²) in [6.07, 6.45) is 1.74. The number of nitrogens with one attached hydrogen (secondary N) is 2. The van der Waals surface area contributed by atoms with Gasteiger partial charge in [-0.15, -0.1) is 0 Å². The van der Waals surface area contributed by atoms with Gasteiger partial charge < -0.3 is 14.6 Å². The van der Waals surface area contributed by atoms with Crippen LogP contribution in [0.3, 0.4) is 0 Å². The number of pyridine rings is 1. The van der Waals surface area contributed by atoms with E-state index in [0.29, 0.717) is 28.5 Å². The van der Waals surface area contributed by atoms with Gasteiger partial charge in [0.15, 0.2) is 11.6 Å². The zero-order chi connectivity index (χ0) is 29.1. The van der Waals surface area contributed by atoms with E-state index in [1.165, 1.54) is 0 Å². The van der Waals surface area contributed by atoms with Gasteiger partial charge in [0.1, 0.15) is 28.7 Å². The van der Waals surface area contributed by atoms with Crippen LogP contribution >= 0.6 is 0 Å². The molecule has 0 radical (unpaired) electrons. The lowest BCUT2D eigenvalue weighted by molar-refractivity contribution is -0.117. The van der Waals surface area contributed by atoms with E-state index in [1.807, 2.05) is 27.7 Å². The molecule has 11 nitrogen and oxygen atoms in total.